The maximum Gasteiger partial charge on any atom is 0.344 e. The molecular formula is C32H32N4O9. The fraction of sp³-hybridized carbons (Fsp3) is 0.188. The SMILES string of the molecule is CCOC(=O)COc1cc(Nc2ccc(OC)cc2)ccc1[N+](=O)[O-].COc1ccc(Nc2ccc3c(c2)OCC(=O)N3)cc1. The summed E-state index contributed by atoms with van der Waals surface area (Å²) in [6.45, 7) is 1.53. The molecule has 13 nitrogen and oxygen atoms in total. The number of hydrogen-bond donors (Lipinski definition) is 3. The first-order chi connectivity index (χ1) is 21.8. The lowest BCUT2D eigenvalue weighted by molar-refractivity contribution is -0.385. The lowest BCUT2D eigenvalue weighted by Gasteiger charge is -2.19. The highest BCUT2D eigenvalue weighted by Gasteiger charge is 2.18. The summed E-state index contributed by atoms with van der Waals surface area (Å²) in [5.41, 5.74) is 3.65. The minimum Gasteiger partial charge on any atom is -0.497 e. The largest absolute Gasteiger partial charge is 0.497 e. The number of anilines is 5. The molecule has 234 valence electrons. The molecule has 0 spiro atoms. The van der Waals surface area contributed by atoms with E-state index in [1.807, 2.05) is 42.5 Å². The van der Waals surface area contributed by atoms with Crippen molar-refractivity contribution in [2.24, 2.45) is 0 Å². The maximum atomic E-state index is 11.4. The molecule has 45 heavy (non-hydrogen) atoms. The van der Waals surface area contributed by atoms with Gasteiger partial charge in [-0.15, -0.1) is 0 Å². The number of nitro groups is 1. The summed E-state index contributed by atoms with van der Waals surface area (Å²) in [5, 5.41) is 20.2. The summed E-state index contributed by atoms with van der Waals surface area (Å²) in [4.78, 5) is 33.1. The van der Waals surface area contributed by atoms with Crippen molar-refractivity contribution in [3.05, 3.63) is 95.0 Å². The van der Waals surface area contributed by atoms with Gasteiger partial charge in [0.1, 0.15) is 17.2 Å². The molecule has 0 aliphatic carbocycles. The summed E-state index contributed by atoms with van der Waals surface area (Å²) in [5.74, 6) is 1.46. The number of ether oxygens (including phenoxy) is 5. The third-order valence-electron chi connectivity index (χ3n) is 6.18. The molecule has 0 fully saturated rings. The van der Waals surface area contributed by atoms with Crippen LogP contribution in [-0.4, -0.2) is 50.8 Å². The predicted molar refractivity (Wildman–Crippen MR) is 168 cm³/mol. The van der Waals surface area contributed by atoms with Gasteiger partial charge in [-0.25, -0.2) is 4.79 Å². The Kier molecular flexibility index (Phi) is 11.0. The molecule has 0 bridgehead atoms. The van der Waals surface area contributed by atoms with Crippen molar-refractivity contribution in [2.75, 3.05) is 50.0 Å². The van der Waals surface area contributed by atoms with E-state index in [1.54, 1.807) is 51.5 Å². The normalized spacial score (nSPS) is 11.3. The fourth-order valence-electron chi connectivity index (χ4n) is 4.03. The van der Waals surface area contributed by atoms with Crippen LogP contribution in [0.5, 0.6) is 23.0 Å². The van der Waals surface area contributed by atoms with Gasteiger partial charge in [-0.3, -0.25) is 14.9 Å². The van der Waals surface area contributed by atoms with Crippen molar-refractivity contribution in [1.29, 1.82) is 0 Å². The molecule has 0 atom stereocenters. The number of hydrogen-bond acceptors (Lipinski definition) is 11. The minimum atomic E-state index is -0.592. The lowest BCUT2D eigenvalue weighted by Crippen LogP contribution is -2.25. The average molecular weight is 617 g/mol. The fourth-order valence-corrected chi connectivity index (χ4v) is 4.03. The molecular weight excluding hydrogens is 584 g/mol. The van der Waals surface area contributed by atoms with E-state index in [4.69, 9.17) is 23.7 Å². The number of rotatable bonds is 11. The number of carbonyl (C=O) groups excluding carboxylic acids is 2. The summed E-state index contributed by atoms with van der Waals surface area (Å²) in [7, 11) is 3.21. The Hall–Kier alpha value is -5.98. The highest BCUT2D eigenvalue weighted by atomic mass is 16.6. The van der Waals surface area contributed by atoms with Gasteiger partial charge in [-0.2, -0.15) is 0 Å². The van der Waals surface area contributed by atoms with Gasteiger partial charge in [-0.1, -0.05) is 0 Å². The number of nitrogens with zero attached hydrogens (tertiary/aromatic N) is 1. The Morgan fingerprint density at radius 3 is 1.98 bits per heavy atom. The van der Waals surface area contributed by atoms with Crippen molar-refractivity contribution in [2.45, 2.75) is 6.92 Å². The Labute approximate surface area is 259 Å². The van der Waals surface area contributed by atoms with Crippen LogP contribution in [0, 0.1) is 10.1 Å². The van der Waals surface area contributed by atoms with Crippen molar-refractivity contribution in [3.8, 4) is 23.0 Å². The van der Waals surface area contributed by atoms with Crippen LogP contribution in [-0.2, 0) is 14.3 Å². The second-order valence-electron chi connectivity index (χ2n) is 9.29. The average Bonchev–Trinajstić information content (AvgIpc) is 3.05. The number of benzene rings is 4. The molecule has 1 heterocycles. The van der Waals surface area contributed by atoms with E-state index >= 15 is 0 Å². The van der Waals surface area contributed by atoms with Gasteiger partial charge < -0.3 is 39.6 Å². The standard InChI is InChI=1S/C17H18N2O6.C15H14N2O3/c1-3-24-17(20)11-25-16-10-13(6-9-15(16)19(21)22)18-12-4-7-14(23-2)8-5-12;1-19-12-5-2-10(3-6-12)16-11-4-7-13-14(8-11)20-9-15(18)17-13/h4-10,18H,3,11H2,1-2H3;2-8,16H,9H2,1H3,(H,17,18). The van der Waals surface area contributed by atoms with Crippen molar-refractivity contribution >= 4 is 46.0 Å². The highest BCUT2D eigenvalue weighted by molar-refractivity contribution is 5.95. The first-order valence-corrected chi connectivity index (χ1v) is 13.7. The van der Waals surface area contributed by atoms with Gasteiger partial charge in [0.15, 0.2) is 19.0 Å². The summed E-state index contributed by atoms with van der Waals surface area (Å²) in [6.07, 6.45) is 0. The third kappa shape index (κ3) is 9.25. The second kappa shape index (κ2) is 15.5. The summed E-state index contributed by atoms with van der Waals surface area (Å²) in [6, 6.07) is 24.7. The van der Waals surface area contributed by atoms with Crippen LogP contribution in [0.15, 0.2) is 84.9 Å². The zero-order valence-corrected chi connectivity index (χ0v) is 24.8. The van der Waals surface area contributed by atoms with Gasteiger partial charge in [0, 0.05) is 40.9 Å². The maximum absolute atomic E-state index is 11.4. The molecule has 4 aromatic carbocycles. The van der Waals surface area contributed by atoms with Gasteiger partial charge >= 0.3 is 11.7 Å². The number of carbonyl (C=O) groups is 2. The smallest absolute Gasteiger partial charge is 0.344 e. The van der Waals surface area contributed by atoms with Gasteiger partial charge in [-0.05, 0) is 73.7 Å². The number of nitro benzene ring substituents is 1. The highest BCUT2D eigenvalue weighted by Crippen LogP contribution is 2.33. The predicted octanol–water partition coefficient (Wildman–Crippen LogP) is 6.06. The molecule has 0 saturated carbocycles. The number of methoxy groups -OCH3 is 2. The summed E-state index contributed by atoms with van der Waals surface area (Å²) < 4.78 is 25.6. The molecule has 4 aromatic rings. The number of amides is 1. The number of fused-ring (bicyclic) bond motifs is 1. The van der Waals surface area contributed by atoms with Crippen molar-refractivity contribution < 1.29 is 38.2 Å². The molecule has 3 N–H and O–H groups in total. The number of esters is 1. The van der Waals surface area contributed by atoms with Crippen LogP contribution in [0.3, 0.4) is 0 Å². The Bertz CT molecular complexity index is 1630. The molecule has 1 aliphatic heterocycles. The Balaban J connectivity index is 0.000000209. The Morgan fingerprint density at radius 1 is 0.867 bits per heavy atom. The van der Waals surface area contributed by atoms with E-state index in [1.165, 1.54) is 12.1 Å². The van der Waals surface area contributed by atoms with Crippen molar-refractivity contribution in [1.82, 2.24) is 0 Å². The first-order valence-electron chi connectivity index (χ1n) is 13.7. The van der Waals surface area contributed by atoms with E-state index in [2.05, 4.69) is 16.0 Å². The first kappa shape index (κ1) is 31.9. The molecule has 1 aliphatic rings. The summed E-state index contributed by atoms with van der Waals surface area (Å²) >= 11 is 0. The van der Waals surface area contributed by atoms with Crippen LogP contribution >= 0.6 is 0 Å². The quantitative estimate of drug-likeness (QED) is 0.102. The van der Waals surface area contributed by atoms with Gasteiger partial charge in [0.25, 0.3) is 5.91 Å². The molecule has 0 unspecified atom stereocenters. The van der Waals surface area contributed by atoms with E-state index in [0.717, 1.165) is 22.8 Å². The topological polar surface area (TPSA) is 160 Å². The molecule has 1 amide bonds. The molecule has 5 rings (SSSR count). The van der Waals surface area contributed by atoms with Crippen LogP contribution in [0.25, 0.3) is 0 Å². The van der Waals surface area contributed by atoms with Crippen LogP contribution in [0.2, 0.25) is 0 Å². The second-order valence-corrected chi connectivity index (χ2v) is 9.29. The Morgan fingerprint density at radius 2 is 1.42 bits per heavy atom. The molecule has 0 aromatic heterocycles. The van der Waals surface area contributed by atoms with E-state index in [-0.39, 0.29) is 30.6 Å². The van der Waals surface area contributed by atoms with Crippen molar-refractivity contribution in [3.63, 3.8) is 0 Å². The molecule has 0 radical (unpaired) electrons. The van der Waals surface area contributed by atoms with Crippen LogP contribution in [0.4, 0.5) is 34.1 Å². The number of nitrogens with one attached hydrogen (secondary N) is 3. The third-order valence-corrected chi connectivity index (χ3v) is 6.18. The van der Waals surface area contributed by atoms with Crippen LogP contribution in [0.1, 0.15) is 6.92 Å². The van der Waals surface area contributed by atoms with E-state index in [0.29, 0.717) is 22.9 Å². The zero-order chi connectivity index (χ0) is 32.2. The van der Waals surface area contributed by atoms with E-state index in [9.17, 15) is 19.7 Å². The van der Waals surface area contributed by atoms with Gasteiger partial charge in [0.05, 0.1) is 31.4 Å². The monoisotopic (exact) mass is 616 g/mol. The minimum absolute atomic E-state index is 0.0171. The lowest BCUT2D eigenvalue weighted by atomic mass is 10.2. The zero-order valence-electron chi connectivity index (χ0n) is 24.8. The molecule has 0 saturated heterocycles. The van der Waals surface area contributed by atoms with Crippen LogP contribution < -0.4 is 34.9 Å². The van der Waals surface area contributed by atoms with E-state index < -0.39 is 17.5 Å². The molecule has 13 heteroatoms. The van der Waals surface area contributed by atoms with Gasteiger partial charge in [0.2, 0.25) is 0 Å².